The van der Waals surface area contributed by atoms with Gasteiger partial charge >= 0.3 is 11.9 Å². The number of halogens is 2. The molecule has 0 spiro atoms. The van der Waals surface area contributed by atoms with E-state index < -0.39 is 37.8 Å². The Kier molecular flexibility index (Phi) is 7.38. The highest BCUT2D eigenvalue weighted by molar-refractivity contribution is 6.91. The lowest BCUT2D eigenvalue weighted by molar-refractivity contribution is -0.168. The van der Waals surface area contributed by atoms with Crippen LogP contribution in [0.3, 0.4) is 0 Å². The molecule has 0 heterocycles. The van der Waals surface area contributed by atoms with Crippen LogP contribution in [-0.2, 0) is 19.1 Å². The average molecular weight is 425 g/mol. The van der Waals surface area contributed by atoms with Gasteiger partial charge in [-0.1, -0.05) is 67.2 Å². The fraction of sp³-hybridized carbons (Fsp3) is 0.545. The second-order valence-corrected chi connectivity index (χ2v) is 12.9. The minimum absolute atomic E-state index is 0.0579. The zero-order valence-corrected chi connectivity index (χ0v) is 18.7. The van der Waals surface area contributed by atoms with E-state index in [0.717, 1.165) is 5.19 Å². The van der Waals surface area contributed by atoms with Crippen LogP contribution >= 0.6 is 0 Å². The number of carbonyl (C=O) groups is 2. The number of rotatable bonds is 8. The molecule has 1 aromatic carbocycles. The molecular weight excluding hydrogens is 394 g/mol. The summed E-state index contributed by atoms with van der Waals surface area (Å²) in [5.41, 5.74) is -1.55. The fourth-order valence-corrected chi connectivity index (χ4v) is 6.70. The molecule has 0 saturated carbocycles. The zero-order valence-electron chi connectivity index (χ0n) is 17.7. The van der Waals surface area contributed by atoms with E-state index in [1.165, 1.54) is 6.08 Å². The summed E-state index contributed by atoms with van der Waals surface area (Å²) < 4.78 is 38.3. The first kappa shape index (κ1) is 23.3. The van der Waals surface area contributed by atoms with Crippen LogP contribution < -0.4 is 5.19 Å². The molecule has 0 bridgehead atoms. The summed E-state index contributed by atoms with van der Waals surface area (Å²) in [7, 11) is -2.21. The second-order valence-electron chi connectivity index (χ2n) is 8.01. The number of alkyl halides is 2. The highest BCUT2D eigenvalue weighted by Crippen LogP contribution is 2.50. The molecule has 2 rings (SSSR count). The van der Waals surface area contributed by atoms with Gasteiger partial charge in [0.05, 0.1) is 21.3 Å². The number of esters is 2. The molecule has 0 saturated heterocycles. The minimum Gasteiger partial charge on any atom is -0.465 e. The highest BCUT2D eigenvalue weighted by Gasteiger charge is 2.56. The van der Waals surface area contributed by atoms with Crippen molar-refractivity contribution in [1.82, 2.24) is 0 Å². The molecule has 0 aliphatic heterocycles. The Morgan fingerprint density at radius 1 is 1.10 bits per heavy atom. The van der Waals surface area contributed by atoms with E-state index in [2.05, 4.69) is 13.1 Å². The molecule has 160 valence electrons. The van der Waals surface area contributed by atoms with Crippen molar-refractivity contribution >= 4 is 25.2 Å². The van der Waals surface area contributed by atoms with Crippen LogP contribution in [0, 0.1) is 11.3 Å². The predicted molar refractivity (Wildman–Crippen MR) is 111 cm³/mol. The molecule has 1 aliphatic carbocycles. The first-order valence-corrected chi connectivity index (χ1v) is 13.1. The van der Waals surface area contributed by atoms with Gasteiger partial charge in [-0.15, -0.1) is 0 Å². The Morgan fingerprint density at radius 3 is 2.07 bits per heavy atom. The second kappa shape index (κ2) is 9.20. The maximum atomic E-state index is 14.1. The number of benzene rings is 1. The number of carbonyl (C=O) groups excluding carboxylic acids is 2. The van der Waals surface area contributed by atoms with Crippen LogP contribution in [0.25, 0.3) is 0 Å². The van der Waals surface area contributed by atoms with Gasteiger partial charge in [0.25, 0.3) is 0 Å². The molecule has 0 fully saturated rings. The number of allylic oxidation sites excluding steroid dienone is 1. The van der Waals surface area contributed by atoms with E-state index in [1.54, 1.807) is 13.8 Å². The number of hydrogen-bond acceptors (Lipinski definition) is 4. The lowest BCUT2D eigenvalue weighted by Crippen LogP contribution is -2.46. The monoisotopic (exact) mass is 424 g/mol. The summed E-state index contributed by atoms with van der Waals surface area (Å²) in [6, 6.07) is 9.82. The van der Waals surface area contributed by atoms with Crippen molar-refractivity contribution in [2.24, 2.45) is 11.3 Å². The van der Waals surface area contributed by atoms with Gasteiger partial charge in [0.1, 0.15) is 0 Å². The highest BCUT2D eigenvalue weighted by atomic mass is 28.3. The minimum atomic E-state index is -2.69. The lowest BCUT2D eigenvalue weighted by Gasteiger charge is -2.33. The summed E-state index contributed by atoms with van der Waals surface area (Å²) in [4.78, 5) is 25.5. The Bertz CT molecular complexity index is 743. The predicted octanol–water partition coefficient (Wildman–Crippen LogP) is 4.32. The van der Waals surface area contributed by atoms with Crippen LogP contribution in [0.4, 0.5) is 8.78 Å². The number of hydrogen-bond donors (Lipinski definition) is 0. The van der Waals surface area contributed by atoms with Crippen molar-refractivity contribution < 1.29 is 27.8 Å². The van der Waals surface area contributed by atoms with E-state index in [-0.39, 0.29) is 25.2 Å². The third-order valence-corrected chi connectivity index (χ3v) is 10.4. The number of ether oxygens (including phenoxy) is 2. The van der Waals surface area contributed by atoms with Gasteiger partial charge in [-0.25, -0.2) is 8.78 Å². The summed E-state index contributed by atoms with van der Waals surface area (Å²) in [6.07, 6.45) is -1.57. The molecule has 0 amide bonds. The normalized spacial score (nSPS) is 19.6. The van der Waals surface area contributed by atoms with Crippen molar-refractivity contribution in [3.05, 3.63) is 42.0 Å². The van der Waals surface area contributed by atoms with Crippen molar-refractivity contribution in [3.63, 3.8) is 0 Å². The topological polar surface area (TPSA) is 52.6 Å². The van der Waals surface area contributed by atoms with Gasteiger partial charge in [-0.3, -0.25) is 9.59 Å². The Hall–Kier alpha value is -2.02. The third kappa shape index (κ3) is 4.44. The van der Waals surface area contributed by atoms with Crippen LogP contribution in [-0.4, -0.2) is 39.7 Å². The molecule has 1 aliphatic rings. The van der Waals surface area contributed by atoms with E-state index in [4.69, 9.17) is 9.47 Å². The van der Waals surface area contributed by atoms with Crippen LogP contribution in [0.15, 0.2) is 42.0 Å². The zero-order chi connectivity index (χ0) is 21.8. The average Bonchev–Trinajstić information content (AvgIpc) is 3.11. The summed E-state index contributed by atoms with van der Waals surface area (Å²) in [5, 5.41) is 1.13. The quantitative estimate of drug-likeness (QED) is 0.270. The Morgan fingerprint density at radius 2 is 1.62 bits per heavy atom. The molecular formula is C22H30F2O4Si. The van der Waals surface area contributed by atoms with Gasteiger partial charge < -0.3 is 9.47 Å². The van der Waals surface area contributed by atoms with Crippen molar-refractivity contribution in [2.45, 2.75) is 52.3 Å². The van der Waals surface area contributed by atoms with Crippen molar-refractivity contribution in [3.8, 4) is 0 Å². The maximum Gasteiger partial charge on any atom is 0.327 e. The van der Waals surface area contributed by atoms with E-state index in [9.17, 15) is 18.4 Å². The van der Waals surface area contributed by atoms with Crippen molar-refractivity contribution in [2.75, 3.05) is 13.2 Å². The Labute approximate surface area is 172 Å². The summed E-state index contributed by atoms with van der Waals surface area (Å²) in [6.45, 7) is 9.51. The van der Waals surface area contributed by atoms with Crippen molar-refractivity contribution in [1.29, 1.82) is 0 Å². The SMILES string of the molecule is CCOC(=O)C1(C(=O)OCC)C=C(C(C)[Si](C)(C)c2ccccc2)C(C(F)F)C1. The molecule has 29 heavy (non-hydrogen) atoms. The van der Waals surface area contributed by atoms with Crippen LogP contribution in [0.1, 0.15) is 27.2 Å². The third-order valence-electron chi connectivity index (χ3n) is 6.07. The van der Waals surface area contributed by atoms with E-state index in [1.807, 2.05) is 37.3 Å². The first-order chi connectivity index (χ1) is 13.6. The van der Waals surface area contributed by atoms with E-state index >= 15 is 0 Å². The largest absolute Gasteiger partial charge is 0.465 e. The van der Waals surface area contributed by atoms with Gasteiger partial charge in [-0.2, -0.15) is 0 Å². The molecule has 0 radical (unpaired) electrons. The molecule has 1 aromatic rings. The molecule has 0 N–H and O–H groups in total. The maximum absolute atomic E-state index is 14.1. The summed E-state index contributed by atoms with van der Waals surface area (Å²) >= 11 is 0. The van der Waals surface area contributed by atoms with Crippen LogP contribution in [0.2, 0.25) is 18.6 Å². The fourth-order valence-electron chi connectivity index (χ4n) is 4.02. The Balaban J connectivity index is 2.56. The first-order valence-electron chi connectivity index (χ1n) is 10.0. The van der Waals surface area contributed by atoms with Gasteiger partial charge in [0.15, 0.2) is 5.41 Å². The molecule has 2 unspecified atom stereocenters. The summed E-state index contributed by atoms with van der Waals surface area (Å²) in [5.74, 6) is -2.81. The van der Waals surface area contributed by atoms with Gasteiger partial charge in [0, 0.05) is 5.92 Å². The molecule has 4 nitrogen and oxygen atoms in total. The standard InChI is InChI=1S/C22H30F2O4Si/c1-6-27-20(25)22(21(26)28-7-2)13-17(18(14-22)19(23)24)15(3)29(4,5)16-11-9-8-10-12-16/h8-13,15,18-19H,6-7,14H2,1-5H3. The van der Waals surface area contributed by atoms with Gasteiger partial charge in [0.2, 0.25) is 6.43 Å². The smallest absolute Gasteiger partial charge is 0.327 e. The van der Waals surface area contributed by atoms with Gasteiger partial charge in [-0.05, 0) is 25.8 Å². The molecule has 0 aromatic heterocycles. The van der Waals surface area contributed by atoms with E-state index in [0.29, 0.717) is 5.57 Å². The molecule has 7 heteroatoms. The lowest BCUT2D eigenvalue weighted by atomic mass is 9.85. The van der Waals surface area contributed by atoms with Crippen LogP contribution in [0.5, 0.6) is 0 Å². The molecule has 2 atom stereocenters.